The highest BCUT2D eigenvalue weighted by molar-refractivity contribution is 7.98. The molecule has 0 bridgehead atoms. The zero-order chi connectivity index (χ0) is 19.3. The Labute approximate surface area is 154 Å². The summed E-state index contributed by atoms with van der Waals surface area (Å²) in [6, 6.07) is 4.18. The highest BCUT2D eigenvalue weighted by Gasteiger charge is 2.12. The molecule has 2 aromatic rings. The van der Waals surface area contributed by atoms with Gasteiger partial charge in [-0.05, 0) is 25.1 Å². The van der Waals surface area contributed by atoms with Crippen molar-refractivity contribution in [3.8, 4) is 0 Å². The van der Waals surface area contributed by atoms with E-state index in [0.717, 1.165) is 36.2 Å². The molecular weight excluding hydrogens is 386 g/mol. The lowest BCUT2D eigenvalue weighted by atomic mass is 10.2. The van der Waals surface area contributed by atoms with Crippen LogP contribution in [0.2, 0.25) is 0 Å². The maximum Gasteiger partial charge on any atom is 0.230 e. The van der Waals surface area contributed by atoms with E-state index in [4.69, 9.17) is 5.11 Å². The van der Waals surface area contributed by atoms with Crippen molar-refractivity contribution in [3.63, 3.8) is 0 Å². The van der Waals surface area contributed by atoms with Gasteiger partial charge in [-0.1, -0.05) is 11.8 Å². The van der Waals surface area contributed by atoms with Gasteiger partial charge in [-0.15, -0.1) is 0 Å². The van der Waals surface area contributed by atoms with Gasteiger partial charge in [0.05, 0.1) is 12.9 Å². The van der Waals surface area contributed by atoms with Gasteiger partial charge in [0, 0.05) is 23.4 Å². The maximum atomic E-state index is 13.7. The second-order valence-corrected chi connectivity index (χ2v) is 8.24. The van der Waals surface area contributed by atoms with Crippen LogP contribution < -0.4 is 10.0 Å². The molecule has 0 unspecified atom stereocenters. The second-order valence-electron chi connectivity index (χ2n) is 5.55. The van der Waals surface area contributed by atoms with E-state index in [9.17, 15) is 17.2 Å². The Morgan fingerprint density at radius 3 is 2.58 bits per heavy atom. The van der Waals surface area contributed by atoms with Gasteiger partial charge in [0.1, 0.15) is 23.3 Å². The lowest BCUT2D eigenvalue weighted by Crippen LogP contribution is -2.21. The van der Waals surface area contributed by atoms with Crippen molar-refractivity contribution in [2.24, 2.45) is 0 Å². The standard InChI is InChI=1S/C15H18F2N4O3S2/c1-9(7-22)18-13-6-14(21-26(2,23)24)20-15(19-13)25-8-10-5-11(16)3-4-12(10)17/h3-6,9,22H,7-8H2,1-2H3,(H2,18,19,20,21)/t9-/m1/s1. The van der Waals surface area contributed by atoms with Crippen LogP contribution in [0.15, 0.2) is 29.4 Å². The lowest BCUT2D eigenvalue weighted by Gasteiger charge is -2.14. The average molecular weight is 404 g/mol. The quantitative estimate of drug-likeness (QED) is 0.458. The van der Waals surface area contributed by atoms with Crippen LogP contribution >= 0.6 is 11.8 Å². The molecule has 0 aliphatic rings. The number of aliphatic hydroxyl groups excluding tert-OH is 1. The number of thioether (sulfide) groups is 1. The van der Waals surface area contributed by atoms with Gasteiger partial charge in [0.2, 0.25) is 10.0 Å². The second kappa shape index (κ2) is 8.60. The molecule has 7 nitrogen and oxygen atoms in total. The molecule has 0 aliphatic carbocycles. The first kappa shape index (κ1) is 20.3. The summed E-state index contributed by atoms with van der Waals surface area (Å²) in [6.07, 6.45) is 0.980. The SMILES string of the molecule is C[C@H](CO)Nc1cc(NS(C)(=O)=O)nc(SCc2cc(F)ccc2F)n1. The molecule has 0 spiro atoms. The molecule has 1 atom stereocenters. The number of hydrogen-bond acceptors (Lipinski definition) is 7. The van der Waals surface area contributed by atoms with E-state index in [1.807, 2.05) is 0 Å². The van der Waals surface area contributed by atoms with Crippen LogP contribution in [0.4, 0.5) is 20.4 Å². The third-order valence-electron chi connectivity index (χ3n) is 3.03. The monoisotopic (exact) mass is 404 g/mol. The van der Waals surface area contributed by atoms with Crippen molar-refractivity contribution in [3.05, 3.63) is 41.5 Å². The van der Waals surface area contributed by atoms with Gasteiger partial charge in [0.15, 0.2) is 5.16 Å². The predicted octanol–water partition coefficient (Wildman–Crippen LogP) is 2.21. The number of benzene rings is 1. The molecule has 0 amide bonds. The minimum Gasteiger partial charge on any atom is -0.394 e. The summed E-state index contributed by atoms with van der Waals surface area (Å²) in [5.74, 6) is -0.751. The van der Waals surface area contributed by atoms with Crippen LogP contribution in [-0.2, 0) is 15.8 Å². The van der Waals surface area contributed by atoms with Gasteiger partial charge < -0.3 is 10.4 Å². The zero-order valence-corrected chi connectivity index (χ0v) is 15.7. The van der Waals surface area contributed by atoms with E-state index in [1.54, 1.807) is 6.92 Å². The highest BCUT2D eigenvalue weighted by atomic mass is 32.2. The fourth-order valence-electron chi connectivity index (χ4n) is 1.90. The molecule has 3 N–H and O–H groups in total. The van der Waals surface area contributed by atoms with Crippen molar-refractivity contribution in [1.29, 1.82) is 0 Å². The van der Waals surface area contributed by atoms with Crippen molar-refractivity contribution < 1.29 is 22.3 Å². The van der Waals surface area contributed by atoms with Crippen LogP contribution in [0.5, 0.6) is 0 Å². The minimum absolute atomic E-state index is 0.0253. The first-order chi connectivity index (χ1) is 12.2. The van der Waals surface area contributed by atoms with E-state index < -0.39 is 21.7 Å². The molecule has 0 radical (unpaired) electrons. The molecule has 1 heterocycles. The van der Waals surface area contributed by atoms with Gasteiger partial charge in [0.25, 0.3) is 0 Å². The van der Waals surface area contributed by atoms with E-state index >= 15 is 0 Å². The normalized spacial score (nSPS) is 12.7. The molecule has 0 fully saturated rings. The smallest absolute Gasteiger partial charge is 0.230 e. The number of nitrogens with zero attached hydrogens (tertiary/aromatic N) is 2. The number of anilines is 2. The van der Waals surface area contributed by atoms with Crippen LogP contribution in [0, 0.1) is 11.6 Å². The molecule has 26 heavy (non-hydrogen) atoms. The van der Waals surface area contributed by atoms with Crippen molar-refractivity contribution in [2.45, 2.75) is 23.9 Å². The van der Waals surface area contributed by atoms with E-state index in [0.29, 0.717) is 0 Å². The Balaban J connectivity index is 2.26. The highest BCUT2D eigenvalue weighted by Crippen LogP contribution is 2.25. The number of sulfonamides is 1. The number of halogens is 2. The Kier molecular flexibility index (Phi) is 6.73. The molecule has 2 rings (SSSR count). The fraction of sp³-hybridized carbons (Fsp3) is 0.333. The van der Waals surface area contributed by atoms with Gasteiger partial charge >= 0.3 is 0 Å². The predicted molar refractivity (Wildman–Crippen MR) is 96.6 cm³/mol. The molecule has 0 saturated heterocycles. The topological polar surface area (TPSA) is 104 Å². The Hall–Kier alpha value is -1.98. The number of aromatic nitrogens is 2. The lowest BCUT2D eigenvalue weighted by molar-refractivity contribution is 0.281. The third-order valence-corrected chi connectivity index (χ3v) is 4.50. The molecule has 0 saturated carbocycles. The summed E-state index contributed by atoms with van der Waals surface area (Å²) < 4.78 is 52.1. The average Bonchev–Trinajstić information content (AvgIpc) is 2.53. The number of nitrogens with one attached hydrogen (secondary N) is 2. The molecule has 11 heteroatoms. The first-order valence-corrected chi connectivity index (χ1v) is 10.3. The molecule has 0 aliphatic heterocycles. The maximum absolute atomic E-state index is 13.7. The van der Waals surface area contributed by atoms with Crippen LogP contribution in [-0.4, -0.2) is 42.4 Å². The molecule has 1 aromatic carbocycles. The van der Waals surface area contributed by atoms with Gasteiger partial charge in [-0.25, -0.2) is 27.2 Å². The van der Waals surface area contributed by atoms with E-state index in [2.05, 4.69) is 20.0 Å². The molecule has 1 aromatic heterocycles. The Morgan fingerprint density at radius 1 is 1.23 bits per heavy atom. The van der Waals surface area contributed by atoms with Gasteiger partial charge in [-0.3, -0.25) is 4.72 Å². The largest absolute Gasteiger partial charge is 0.394 e. The summed E-state index contributed by atoms with van der Waals surface area (Å²) >= 11 is 1.02. The summed E-state index contributed by atoms with van der Waals surface area (Å²) in [7, 11) is -3.56. The van der Waals surface area contributed by atoms with E-state index in [-0.39, 0.29) is 40.8 Å². The van der Waals surface area contributed by atoms with E-state index in [1.165, 1.54) is 6.07 Å². The van der Waals surface area contributed by atoms with Gasteiger partial charge in [-0.2, -0.15) is 0 Å². The number of aliphatic hydroxyl groups is 1. The van der Waals surface area contributed by atoms with Crippen molar-refractivity contribution in [2.75, 3.05) is 22.9 Å². The fourth-order valence-corrected chi connectivity index (χ4v) is 3.22. The number of rotatable bonds is 8. The summed E-state index contributed by atoms with van der Waals surface area (Å²) in [4.78, 5) is 8.26. The summed E-state index contributed by atoms with van der Waals surface area (Å²) in [6.45, 7) is 1.55. The third kappa shape index (κ3) is 6.39. The number of hydrogen-bond donors (Lipinski definition) is 3. The van der Waals surface area contributed by atoms with Crippen molar-refractivity contribution >= 4 is 33.4 Å². The summed E-state index contributed by atoms with van der Waals surface area (Å²) in [5, 5.41) is 12.2. The Bertz CT molecular complexity index is 881. The minimum atomic E-state index is -3.56. The van der Waals surface area contributed by atoms with Crippen molar-refractivity contribution in [1.82, 2.24) is 9.97 Å². The zero-order valence-electron chi connectivity index (χ0n) is 14.0. The first-order valence-electron chi connectivity index (χ1n) is 7.47. The molecular formula is C15H18F2N4O3S2. The van der Waals surface area contributed by atoms with Crippen LogP contribution in [0.1, 0.15) is 12.5 Å². The van der Waals surface area contributed by atoms with Crippen LogP contribution in [0.25, 0.3) is 0 Å². The Morgan fingerprint density at radius 2 is 1.92 bits per heavy atom. The summed E-state index contributed by atoms with van der Waals surface area (Å²) in [5.41, 5.74) is 0.137. The van der Waals surface area contributed by atoms with Crippen LogP contribution in [0.3, 0.4) is 0 Å². The molecule has 142 valence electrons.